The fourth-order valence-corrected chi connectivity index (χ4v) is 3.41. The number of anilines is 2. The smallest absolute Gasteiger partial charge is 0.416 e. The first-order chi connectivity index (χ1) is 14.8. The van der Waals surface area contributed by atoms with Crippen molar-refractivity contribution in [2.24, 2.45) is 0 Å². The quantitative estimate of drug-likeness (QED) is 0.329. The molecule has 0 saturated carbocycles. The molecule has 0 heterocycles. The standard InChI is InChI=1S/C21H17F3N2O5S/c1-32(30,31)26-17-11-15(7-9-18(17)27)25-20(29)16-8-4-13(10-19(16)28)12-2-5-14(6-3-12)21(22,23)24/h2-11,26-28H,1H3,(H,25,29). The number of amides is 1. The average Bonchev–Trinajstić information content (AvgIpc) is 2.68. The van der Waals surface area contributed by atoms with Gasteiger partial charge in [-0.3, -0.25) is 9.52 Å². The van der Waals surface area contributed by atoms with Crippen LogP contribution in [-0.2, 0) is 16.2 Å². The van der Waals surface area contributed by atoms with Crippen molar-refractivity contribution in [1.82, 2.24) is 0 Å². The molecule has 0 bridgehead atoms. The number of aromatic hydroxyl groups is 2. The SMILES string of the molecule is CS(=O)(=O)Nc1cc(NC(=O)c2ccc(-c3ccc(C(F)(F)F)cc3)cc2O)ccc1O. The Kier molecular flexibility index (Phi) is 6.04. The predicted molar refractivity (Wildman–Crippen MR) is 113 cm³/mol. The molecule has 1 amide bonds. The number of sulfonamides is 1. The van der Waals surface area contributed by atoms with E-state index < -0.39 is 33.4 Å². The maximum absolute atomic E-state index is 12.7. The van der Waals surface area contributed by atoms with Gasteiger partial charge in [0, 0.05) is 5.69 Å². The minimum absolute atomic E-state index is 0.119. The first-order valence-electron chi connectivity index (χ1n) is 8.96. The third-order valence-corrected chi connectivity index (χ3v) is 4.93. The highest BCUT2D eigenvalue weighted by atomic mass is 32.2. The Hall–Kier alpha value is -3.73. The van der Waals surface area contributed by atoms with Gasteiger partial charge in [0.2, 0.25) is 10.0 Å². The molecule has 0 fully saturated rings. The van der Waals surface area contributed by atoms with Gasteiger partial charge in [0.15, 0.2) is 0 Å². The summed E-state index contributed by atoms with van der Waals surface area (Å²) in [6.45, 7) is 0. The van der Waals surface area contributed by atoms with E-state index in [0.29, 0.717) is 11.1 Å². The normalized spacial score (nSPS) is 11.8. The first-order valence-corrected chi connectivity index (χ1v) is 10.9. The molecule has 3 rings (SSSR count). The third-order valence-electron chi connectivity index (χ3n) is 4.34. The number of hydrogen-bond donors (Lipinski definition) is 4. The second-order valence-electron chi connectivity index (χ2n) is 6.87. The van der Waals surface area contributed by atoms with Crippen LogP contribution in [-0.4, -0.2) is 30.8 Å². The molecular weight excluding hydrogens is 449 g/mol. The zero-order valence-corrected chi connectivity index (χ0v) is 17.3. The molecule has 0 radical (unpaired) electrons. The number of carbonyl (C=O) groups excluding carboxylic acids is 1. The van der Waals surface area contributed by atoms with Gasteiger partial charge in [-0.25, -0.2) is 8.42 Å². The maximum Gasteiger partial charge on any atom is 0.416 e. The fraction of sp³-hybridized carbons (Fsp3) is 0.0952. The minimum atomic E-state index is -4.46. The van der Waals surface area contributed by atoms with E-state index in [0.717, 1.165) is 18.4 Å². The fourth-order valence-electron chi connectivity index (χ4n) is 2.85. The van der Waals surface area contributed by atoms with Crippen LogP contribution in [0.2, 0.25) is 0 Å². The Morgan fingerprint density at radius 2 is 1.50 bits per heavy atom. The predicted octanol–water partition coefficient (Wildman–Crippen LogP) is 4.41. The molecule has 0 aliphatic carbocycles. The number of halogens is 3. The van der Waals surface area contributed by atoms with E-state index in [2.05, 4.69) is 10.0 Å². The lowest BCUT2D eigenvalue weighted by Gasteiger charge is -2.12. The van der Waals surface area contributed by atoms with Crippen LogP contribution in [0.3, 0.4) is 0 Å². The highest BCUT2D eigenvalue weighted by molar-refractivity contribution is 7.92. The molecule has 0 aliphatic rings. The lowest BCUT2D eigenvalue weighted by molar-refractivity contribution is -0.137. The molecule has 4 N–H and O–H groups in total. The van der Waals surface area contributed by atoms with Crippen LogP contribution in [0.4, 0.5) is 24.5 Å². The van der Waals surface area contributed by atoms with Crippen molar-refractivity contribution in [1.29, 1.82) is 0 Å². The molecule has 168 valence electrons. The van der Waals surface area contributed by atoms with Crippen molar-refractivity contribution in [2.45, 2.75) is 6.18 Å². The van der Waals surface area contributed by atoms with Crippen LogP contribution in [0.5, 0.6) is 11.5 Å². The molecule has 0 saturated heterocycles. The van der Waals surface area contributed by atoms with Crippen LogP contribution in [0.15, 0.2) is 60.7 Å². The minimum Gasteiger partial charge on any atom is -0.507 e. The van der Waals surface area contributed by atoms with Gasteiger partial charge in [0.05, 0.1) is 23.1 Å². The number of hydrogen-bond acceptors (Lipinski definition) is 5. The summed E-state index contributed by atoms with van der Waals surface area (Å²) in [5.41, 5.74) is -0.115. The van der Waals surface area contributed by atoms with Crippen molar-refractivity contribution in [3.63, 3.8) is 0 Å². The zero-order valence-electron chi connectivity index (χ0n) is 16.4. The Bertz CT molecular complexity index is 1270. The van der Waals surface area contributed by atoms with E-state index in [-0.39, 0.29) is 22.7 Å². The lowest BCUT2D eigenvalue weighted by Crippen LogP contribution is -2.13. The first kappa shape index (κ1) is 22.9. The molecule has 0 spiro atoms. The summed E-state index contributed by atoms with van der Waals surface area (Å²) < 4.78 is 63.0. The Labute approximate surface area is 181 Å². The topological polar surface area (TPSA) is 116 Å². The van der Waals surface area contributed by atoms with Crippen molar-refractivity contribution in [2.75, 3.05) is 16.3 Å². The van der Waals surface area contributed by atoms with Gasteiger partial charge in [-0.05, 0) is 53.6 Å². The maximum atomic E-state index is 12.7. The molecule has 3 aromatic rings. The summed E-state index contributed by atoms with van der Waals surface area (Å²) >= 11 is 0. The number of carbonyl (C=O) groups is 1. The molecular formula is C21H17F3N2O5S. The van der Waals surface area contributed by atoms with E-state index in [1.807, 2.05) is 0 Å². The van der Waals surface area contributed by atoms with Crippen LogP contribution in [0.25, 0.3) is 11.1 Å². The van der Waals surface area contributed by atoms with Crippen LogP contribution < -0.4 is 10.0 Å². The zero-order chi connectivity index (χ0) is 23.7. The van der Waals surface area contributed by atoms with Crippen molar-refractivity contribution in [3.05, 3.63) is 71.8 Å². The van der Waals surface area contributed by atoms with E-state index in [1.165, 1.54) is 48.5 Å². The van der Waals surface area contributed by atoms with Gasteiger partial charge in [-0.1, -0.05) is 18.2 Å². The Morgan fingerprint density at radius 3 is 2.06 bits per heavy atom. The molecule has 7 nitrogen and oxygen atoms in total. The number of benzene rings is 3. The van der Waals surface area contributed by atoms with Gasteiger partial charge < -0.3 is 15.5 Å². The Morgan fingerprint density at radius 1 is 0.875 bits per heavy atom. The van der Waals surface area contributed by atoms with E-state index in [9.17, 15) is 36.6 Å². The summed E-state index contributed by atoms with van der Waals surface area (Å²) in [6.07, 6.45) is -3.57. The molecule has 0 unspecified atom stereocenters. The van der Waals surface area contributed by atoms with Crippen molar-refractivity contribution >= 4 is 27.3 Å². The highest BCUT2D eigenvalue weighted by Gasteiger charge is 2.30. The number of rotatable bonds is 5. The third kappa shape index (κ3) is 5.49. The van der Waals surface area contributed by atoms with Gasteiger partial charge in [-0.15, -0.1) is 0 Å². The number of phenolic OH excluding ortho intramolecular Hbond substituents is 2. The van der Waals surface area contributed by atoms with E-state index in [1.54, 1.807) is 0 Å². The summed E-state index contributed by atoms with van der Waals surface area (Å²) in [5, 5.41) is 22.5. The summed E-state index contributed by atoms with van der Waals surface area (Å²) in [5.74, 6) is -1.48. The largest absolute Gasteiger partial charge is 0.507 e. The van der Waals surface area contributed by atoms with E-state index in [4.69, 9.17) is 0 Å². The molecule has 0 aromatic heterocycles. The number of phenols is 2. The van der Waals surface area contributed by atoms with Gasteiger partial charge in [-0.2, -0.15) is 13.2 Å². The number of alkyl halides is 3. The van der Waals surface area contributed by atoms with Crippen molar-refractivity contribution in [3.8, 4) is 22.6 Å². The van der Waals surface area contributed by atoms with E-state index >= 15 is 0 Å². The summed E-state index contributed by atoms with van der Waals surface area (Å²) in [6, 6.07) is 12.0. The molecule has 11 heteroatoms. The molecule has 32 heavy (non-hydrogen) atoms. The average molecular weight is 466 g/mol. The summed E-state index contributed by atoms with van der Waals surface area (Å²) in [7, 11) is -3.67. The van der Waals surface area contributed by atoms with Crippen molar-refractivity contribution < 1.29 is 36.6 Å². The monoisotopic (exact) mass is 466 g/mol. The molecule has 0 aliphatic heterocycles. The molecule has 3 aromatic carbocycles. The van der Waals surface area contributed by atoms with Gasteiger partial charge >= 0.3 is 6.18 Å². The number of nitrogens with one attached hydrogen (secondary N) is 2. The van der Waals surface area contributed by atoms with Gasteiger partial charge in [0.25, 0.3) is 5.91 Å². The van der Waals surface area contributed by atoms with Crippen LogP contribution >= 0.6 is 0 Å². The molecule has 0 atom stereocenters. The highest BCUT2D eigenvalue weighted by Crippen LogP contribution is 2.33. The van der Waals surface area contributed by atoms with Crippen LogP contribution in [0.1, 0.15) is 15.9 Å². The van der Waals surface area contributed by atoms with Crippen LogP contribution in [0, 0.1) is 0 Å². The second kappa shape index (κ2) is 8.42. The lowest BCUT2D eigenvalue weighted by atomic mass is 10.0. The summed E-state index contributed by atoms with van der Waals surface area (Å²) in [4.78, 5) is 12.5. The van der Waals surface area contributed by atoms with Gasteiger partial charge in [0.1, 0.15) is 11.5 Å². The second-order valence-corrected chi connectivity index (χ2v) is 8.62. The Balaban J connectivity index is 1.81.